The van der Waals surface area contributed by atoms with Crippen molar-refractivity contribution >= 4 is 11.4 Å². The van der Waals surface area contributed by atoms with Crippen LogP contribution < -0.4 is 11.1 Å². The highest BCUT2D eigenvalue weighted by Gasteiger charge is 2.23. The van der Waals surface area contributed by atoms with Gasteiger partial charge in [-0.15, -0.1) is 0 Å². The van der Waals surface area contributed by atoms with Gasteiger partial charge in [-0.1, -0.05) is 6.92 Å². The number of benzene rings is 1. The summed E-state index contributed by atoms with van der Waals surface area (Å²) in [6, 6.07) is 2.45. The van der Waals surface area contributed by atoms with Crippen molar-refractivity contribution in [1.29, 1.82) is 0 Å². The van der Waals surface area contributed by atoms with E-state index in [-0.39, 0.29) is 17.4 Å². The molecule has 1 aliphatic carbocycles. The van der Waals surface area contributed by atoms with E-state index in [4.69, 9.17) is 5.73 Å². The zero-order chi connectivity index (χ0) is 11.7. The summed E-state index contributed by atoms with van der Waals surface area (Å²) >= 11 is 0. The van der Waals surface area contributed by atoms with E-state index >= 15 is 0 Å². The van der Waals surface area contributed by atoms with Crippen molar-refractivity contribution in [3.05, 3.63) is 23.8 Å². The Balaban J connectivity index is 2.15. The molecule has 0 radical (unpaired) electrons. The zero-order valence-corrected chi connectivity index (χ0v) is 9.26. The maximum atomic E-state index is 13.5. The molecule has 0 saturated heterocycles. The van der Waals surface area contributed by atoms with Crippen LogP contribution in [0, 0.1) is 17.6 Å². The van der Waals surface area contributed by atoms with Crippen LogP contribution in [0.3, 0.4) is 0 Å². The second kappa shape index (κ2) is 4.28. The van der Waals surface area contributed by atoms with Crippen LogP contribution in [0.5, 0.6) is 0 Å². The first kappa shape index (κ1) is 11.2. The molecule has 0 aliphatic heterocycles. The highest BCUT2D eigenvalue weighted by Crippen LogP contribution is 2.30. The van der Waals surface area contributed by atoms with Crippen molar-refractivity contribution in [3.63, 3.8) is 0 Å². The van der Waals surface area contributed by atoms with Gasteiger partial charge in [0, 0.05) is 11.7 Å². The lowest BCUT2D eigenvalue weighted by atomic mass is 10.1. The predicted octanol–water partition coefficient (Wildman–Crippen LogP) is 3.15. The molecule has 1 aliphatic rings. The van der Waals surface area contributed by atoms with Crippen molar-refractivity contribution in [2.24, 2.45) is 5.92 Å². The molecule has 2 nitrogen and oxygen atoms in total. The first-order valence-corrected chi connectivity index (χ1v) is 5.57. The van der Waals surface area contributed by atoms with Gasteiger partial charge in [-0.05, 0) is 37.3 Å². The van der Waals surface area contributed by atoms with E-state index in [1.807, 2.05) is 0 Å². The lowest BCUT2D eigenvalue weighted by molar-refractivity contribution is 0.575. The normalized spacial score (nSPS) is 24.7. The van der Waals surface area contributed by atoms with Gasteiger partial charge in [-0.2, -0.15) is 0 Å². The number of rotatable bonds is 2. The molecule has 3 N–H and O–H groups in total. The monoisotopic (exact) mass is 226 g/mol. The molecule has 1 aromatic carbocycles. The molecule has 1 aromatic rings. The maximum absolute atomic E-state index is 13.5. The molecule has 4 heteroatoms. The van der Waals surface area contributed by atoms with Crippen molar-refractivity contribution in [3.8, 4) is 0 Å². The van der Waals surface area contributed by atoms with E-state index in [0.29, 0.717) is 5.92 Å². The van der Waals surface area contributed by atoms with Gasteiger partial charge in [-0.25, -0.2) is 8.78 Å². The van der Waals surface area contributed by atoms with Crippen LogP contribution in [0.1, 0.15) is 26.2 Å². The minimum atomic E-state index is -0.614. The first-order valence-electron chi connectivity index (χ1n) is 5.57. The van der Waals surface area contributed by atoms with E-state index < -0.39 is 11.6 Å². The molecule has 0 aromatic heterocycles. The highest BCUT2D eigenvalue weighted by atomic mass is 19.1. The average molecular weight is 226 g/mol. The third-order valence-corrected chi connectivity index (χ3v) is 3.11. The lowest BCUT2D eigenvalue weighted by Gasteiger charge is -2.15. The van der Waals surface area contributed by atoms with Gasteiger partial charge in [0.25, 0.3) is 0 Å². The number of anilines is 2. The molecular weight excluding hydrogens is 210 g/mol. The third-order valence-electron chi connectivity index (χ3n) is 3.11. The molecule has 0 amide bonds. The number of nitrogen functional groups attached to an aromatic ring is 1. The van der Waals surface area contributed by atoms with Gasteiger partial charge in [0.1, 0.15) is 5.69 Å². The standard InChI is InChI=1S/C12H16F2N2/c1-7-2-3-9(4-7)16-12-10(13)5-8(15)6-11(12)14/h5-7,9,16H,2-4,15H2,1H3. The summed E-state index contributed by atoms with van der Waals surface area (Å²) in [5.74, 6) is -0.605. The van der Waals surface area contributed by atoms with Crippen LogP contribution in [0.4, 0.5) is 20.2 Å². The largest absolute Gasteiger partial charge is 0.399 e. The van der Waals surface area contributed by atoms with Crippen molar-refractivity contribution in [2.75, 3.05) is 11.1 Å². The topological polar surface area (TPSA) is 38.0 Å². The van der Waals surface area contributed by atoms with Gasteiger partial charge in [0.15, 0.2) is 11.6 Å². The Hall–Kier alpha value is -1.32. The third kappa shape index (κ3) is 2.26. The Kier molecular flexibility index (Phi) is 2.99. The summed E-state index contributed by atoms with van der Waals surface area (Å²) in [5.41, 5.74) is 5.41. The molecule has 0 bridgehead atoms. The molecule has 1 fully saturated rings. The van der Waals surface area contributed by atoms with Gasteiger partial charge >= 0.3 is 0 Å². The van der Waals surface area contributed by atoms with Crippen LogP contribution >= 0.6 is 0 Å². The van der Waals surface area contributed by atoms with Crippen LogP contribution in [-0.4, -0.2) is 6.04 Å². The summed E-state index contributed by atoms with van der Waals surface area (Å²) in [6.07, 6.45) is 3.03. The smallest absolute Gasteiger partial charge is 0.151 e. The van der Waals surface area contributed by atoms with Crippen LogP contribution in [0.25, 0.3) is 0 Å². The Morgan fingerprint density at radius 2 is 1.88 bits per heavy atom. The minimum Gasteiger partial charge on any atom is -0.399 e. The molecule has 0 spiro atoms. The van der Waals surface area contributed by atoms with Crippen molar-refractivity contribution in [1.82, 2.24) is 0 Å². The molecule has 2 atom stereocenters. The molecule has 88 valence electrons. The highest BCUT2D eigenvalue weighted by molar-refractivity contribution is 5.54. The Bertz CT molecular complexity index is 370. The van der Waals surface area contributed by atoms with E-state index in [2.05, 4.69) is 12.2 Å². The van der Waals surface area contributed by atoms with Gasteiger partial charge in [0.05, 0.1) is 0 Å². The molecule has 2 rings (SSSR count). The van der Waals surface area contributed by atoms with Crippen LogP contribution in [0.15, 0.2) is 12.1 Å². The Labute approximate surface area is 93.8 Å². The number of nitrogens with one attached hydrogen (secondary N) is 1. The van der Waals surface area contributed by atoms with Crippen molar-refractivity contribution in [2.45, 2.75) is 32.2 Å². The minimum absolute atomic E-state index is 0.0479. The van der Waals surface area contributed by atoms with Crippen molar-refractivity contribution < 1.29 is 8.78 Å². The van der Waals surface area contributed by atoms with E-state index in [1.54, 1.807) is 0 Å². The summed E-state index contributed by atoms with van der Waals surface area (Å²) in [4.78, 5) is 0. The molecule has 0 heterocycles. The summed E-state index contributed by atoms with van der Waals surface area (Å²) in [5, 5.41) is 2.93. The Morgan fingerprint density at radius 1 is 1.25 bits per heavy atom. The molecular formula is C12H16F2N2. The summed E-state index contributed by atoms with van der Waals surface area (Å²) in [7, 11) is 0. The van der Waals surface area contributed by atoms with Gasteiger partial charge in [0.2, 0.25) is 0 Å². The van der Waals surface area contributed by atoms with Gasteiger partial charge in [-0.3, -0.25) is 0 Å². The van der Waals surface area contributed by atoms with E-state index in [1.165, 1.54) is 0 Å². The van der Waals surface area contributed by atoms with E-state index in [0.717, 1.165) is 31.4 Å². The number of hydrogen-bond donors (Lipinski definition) is 2. The van der Waals surface area contributed by atoms with Gasteiger partial charge < -0.3 is 11.1 Å². The number of halogens is 2. The summed E-state index contributed by atoms with van der Waals surface area (Å²) < 4.78 is 27.0. The number of hydrogen-bond acceptors (Lipinski definition) is 2. The molecule has 1 saturated carbocycles. The second-order valence-electron chi connectivity index (χ2n) is 4.62. The van der Waals surface area contributed by atoms with E-state index in [9.17, 15) is 8.78 Å². The predicted molar refractivity (Wildman–Crippen MR) is 61.2 cm³/mol. The zero-order valence-electron chi connectivity index (χ0n) is 9.26. The quantitative estimate of drug-likeness (QED) is 0.760. The SMILES string of the molecule is CC1CCC(Nc2c(F)cc(N)cc2F)C1. The fraction of sp³-hybridized carbons (Fsp3) is 0.500. The fourth-order valence-corrected chi connectivity index (χ4v) is 2.27. The maximum Gasteiger partial charge on any atom is 0.151 e. The average Bonchev–Trinajstić information content (AvgIpc) is 2.58. The number of nitrogens with two attached hydrogens (primary N) is 1. The Morgan fingerprint density at radius 3 is 2.38 bits per heavy atom. The first-order chi connectivity index (χ1) is 7.56. The lowest BCUT2D eigenvalue weighted by Crippen LogP contribution is -2.17. The fourth-order valence-electron chi connectivity index (χ4n) is 2.27. The molecule has 2 unspecified atom stereocenters. The summed E-state index contributed by atoms with van der Waals surface area (Å²) in [6.45, 7) is 2.15. The van der Waals surface area contributed by atoms with Crippen LogP contribution in [0.2, 0.25) is 0 Å². The van der Waals surface area contributed by atoms with Crippen LogP contribution in [-0.2, 0) is 0 Å². The molecule has 16 heavy (non-hydrogen) atoms. The second-order valence-corrected chi connectivity index (χ2v) is 4.62.